The number of benzene rings is 1. The predicted octanol–water partition coefficient (Wildman–Crippen LogP) is 1.42. The minimum Gasteiger partial charge on any atom is -0.344 e. The monoisotopic (exact) mass is 338 g/mol. The highest BCUT2D eigenvalue weighted by molar-refractivity contribution is 7.92. The van der Waals surface area contributed by atoms with E-state index in [1.165, 1.54) is 6.26 Å². The number of amides is 1. The van der Waals surface area contributed by atoms with Gasteiger partial charge in [0.2, 0.25) is 5.91 Å². The molecule has 0 saturated carbocycles. The maximum Gasteiger partial charge on any atom is 0.243 e. The highest BCUT2D eigenvalue weighted by Gasteiger charge is 2.49. The average molecular weight is 338 g/mol. The summed E-state index contributed by atoms with van der Waals surface area (Å²) < 4.78 is 23.4. The van der Waals surface area contributed by atoms with Gasteiger partial charge in [0.25, 0.3) is 0 Å². The second-order valence-corrected chi connectivity index (χ2v) is 8.84. The van der Waals surface area contributed by atoms with Gasteiger partial charge in [-0.1, -0.05) is 37.3 Å². The molecule has 0 spiro atoms. The van der Waals surface area contributed by atoms with Crippen LogP contribution in [0.25, 0.3) is 0 Å². The van der Waals surface area contributed by atoms with Gasteiger partial charge in [-0.2, -0.15) is 0 Å². The normalized spacial score (nSPS) is 19.1. The molecule has 1 unspecified atom stereocenters. The Bertz CT molecular complexity index is 637. The Balaban J connectivity index is 2.17. The third-order valence-electron chi connectivity index (χ3n) is 4.77. The lowest BCUT2D eigenvalue weighted by atomic mass is 9.94. The third-order valence-corrected chi connectivity index (χ3v) is 6.78. The van der Waals surface area contributed by atoms with Crippen molar-refractivity contribution in [2.75, 3.05) is 32.9 Å². The molecule has 1 atom stereocenters. The van der Waals surface area contributed by atoms with Crippen molar-refractivity contribution in [3.63, 3.8) is 0 Å². The van der Waals surface area contributed by atoms with Gasteiger partial charge in [0, 0.05) is 19.8 Å². The molecule has 0 bridgehead atoms. The Kier molecular flexibility index (Phi) is 5.47. The number of nitrogens with zero attached hydrogens (tertiary/aromatic N) is 1. The molecule has 1 amide bonds. The SMILES string of the molecule is CC(CN(C)C(=O)C1(S(C)(=O)=O)CCNCC1)c1ccccc1. The lowest BCUT2D eigenvalue weighted by Crippen LogP contribution is -2.57. The smallest absolute Gasteiger partial charge is 0.243 e. The van der Waals surface area contributed by atoms with E-state index in [1.807, 2.05) is 30.3 Å². The maximum atomic E-state index is 13.0. The predicted molar refractivity (Wildman–Crippen MR) is 92.2 cm³/mol. The second-order valence-electron chi connectivity index (χ2n) is 6.51. The highest BCUT2D eigenvalue weighted by atomic mass is 32.2. The topological polar surface area (TPSA) is 66.5 Å². The molecule has 1 aliphatic rings. The van der Waals surface area contributed by atoms with E-state index in [4.69, 9.17) is 0 Å². The average Bonchev–Trinajstić information content (AvgIpc) is 2.54. The van der Waals surface area contributed by atoms with Crippen LogP contribution in [0.2, 0.25) is 0 Å². The minimum absolute atomic E-state index is 0.156. The van der Waals surface area contributed by atoms with E-state index >= 15 is 0 Å². The van der Waals surface area contributed by atoms with E-state index in [0.29, 0.717) is 32.5 Å². The number of hydrogen-bond acceptors (Lipinski definition) is 4. The molecule has 1 aromatic rings. The van der Waals surface area contributed by atoms with Crippen molar-refractivity contribution in [3.8, 4) is 0 Å². The first-order chi connectivity index (χ1) is 10.8. The highest BCUT2D eigenvalue weighted by Crippen LogP contribution is 2.30. The number of carbonyl (C=O) groups excluding carboxylic acids is 1. The van der Waals surface area contributed by atoms with Crippen molar-refractivity contribution in [1.29, 1.82) is 0 Å². The lowest BCUT2D eigenvalue weighted by molar-refractivity contribution is -0.133. The van der Waals surface area contributed by atoms with Crippen LogP contribution in [0, 0.1) is 0 Å². The van der Waals surface area contributed by atoms with Crippen molar-refractivity contribution < 1.29 is 13.2 Å². The first-order valence-corrected chi connectivity index (χ1v) is 9.88. The van der Waals surface area contributed by atoms with Gasteiger partial charge < -0.3 is 10.2 Å². The summed E-state index contributed by atoms with van der Waals surface area (Å²) in [5.74, 6) is -0.118. The fraction of sp³-hybridized carbons (Fsp3) is 0.588. The van der Waals surface area contributed by atoms with Crippen molar-refractivity contribution in [2.24, 2.45) is 0 Å². The number of sulfone groups is 1. The second kappa shape index (κ2) is 7.01. The molecule has 1 saturated heterocycles. The zero-order valence-corrected chi connectivity index (χ0v) is 14.9. The van der Waals surface area contributed by atoms with E-state index in [0.717, 1.165) is 5.56 Å². The van der Waals surface area contributed by atoms with Gasteiger partial charge in [-0.15, -0.1) is 0 Å². The third kappa shape index (κ3) is 3.75. The minimum atomic E-state index is -3.46. The zero-order valence-electron chi connectivity index (χ0n) is 14.1. The molecular weight excluding hydrogens is 312 g/mol. The van der Waals surface area contributed by atoms with Gasteiger partial charge >= 0.3 is 0 Å². The summed E-state index contributed by atoms with van der Waals surface area (Å²) in [6.45, 7) is 3.67. The maximum absolute atomic E-state index is 13.0. The Morgan fingerprint density at radius 1 is 1.26 bits per heavy atom. The van der Waals surface area contributed by atoms with Crippen molar-refractivity contribution in [2.45, 2.75) is 30.4 Å². The van der Waals surface area contributed by atoms with E-state index in [9.17, 15) is 13.2 Å². The van der Waals surface area contributed by atoms with Gasteiger partial charge in [-0.25, -0.2) is 8.42 Å². The van der Waals surface area contributed by atoms with Crippen LogP contribution >= 0.6 is 0 Å². The molecule has 6 heteroatoms. The van der Waals surface area contributed by atoms with Crippen LogP contribution < -0.4 is 5.32 Å². The molecular formula is C17H26N2O3S. The Morgan fingerprint density at radius 2 is 1.83 bits per heavy atom. The Morgan fingerprint density at radius 3 is 2.35 bits per heavy atom. The molecule has 1 aliphatic heterocycles. The quantitative estimate of drug-likeness (QED) is 0.882. The Hall–Kier alpha value is -1.40. The molecule has 0 aromatic heterocycles. The van der Waals surface area contributed by atoms with E-state index in [-0.39, 0.29) is 11.8 Å². The standard InChI is InChI=1S/C17H26N2O3S/c1-14(15-7-5-4-6-8-15)13-19(2)16(20)17(23(3,21)22)9-11-18-12-10-17/h4-8,14,18H,9-13H2,1-3H3. The van der Waals surface area contributed by atoms with E-state index in [1.54, 1.807) is 11.9 Å². The summed E-state index contributed by atoms with van der Waals surface area (Å²) >= 11 is 0. The van der Waals surface area contributed by atoms with Crippen molar-refractivity contribution in [3.05, 3.63) is 35.9 Å². The number of nitrogens with one attached hydrogen (secondary N) is 1. The van der Waals surface area contributed by atoms with Gasteiger partial charge in [-0.3, -0.25) is 4.79 Å². The molecule has 0 radical (unpaired) electrons. The van der Waals surface area contributed by atoms with Gasteiger partial charge in [0.15, 0.2) is 14.6 Å². The summed E-state index contributed by atoms with van der Waals surface area (Å²) in [6.07, 6.45) is 1.87. The molecule has 1 fully saturated rings. The summed E-state index contributed by atoms with van der Waals surface area (Å²) in [4.78, 5) is 14.5. The fourth-order valence-corrected chi connectivity index (χ4v) is 4.72. The molecule has 23 heavy (non-hydrogen) atoms. The summed E-state index contributed by atoms with van der Waals surface area (Å²) in [5.41, 5.74) is 1.14. The Labute approximate surface area is 139 Å². The van der Waals surface area contributed by atoms with Crippen LogP contribution in [-0.2, 0) is 14.6 Å². The number of carbonyl (C=O) groups is 1. The molecule has 1 aromatic carbocycles. The van der Waals surface area contributed by atoms with Crippen LogP contribution in [0.3, 0.4) is 0 Å². The zero-order chi connectivity index (χ0) is 17.1. The van der Waals surface area contributed by atoms with Crippen LogP contribution in [-0.4, -0.2) is 56.9 Å². The summed E-state index contributed by atoms with van der Waals surface area (Å²) in [5, 5.41) is 3.14. The first-order valence-electron chi connectivity index (χ1n) is 7.99. The number of rotatable bonds is 5. The fourth-order valence-electron chi connectivity index (χ4n) is 3.30. The molecule has 1 N–H and O–H groups in total. The summed E-state index contributed by atoms with van der Waals surface area (Å²) in [7, 11) is -1.76. The van der Waals surface area contributed by atoms with Crippen LogP contribution in [0.15, 0.2) is 30.3 Å². The lowest BCUT2D eigenvalue weighted by Gasteiger charge is -2.38. The number of piperidine rings is 1. The van der Waals surface area contributed by atoms with Gasteiger partial charge in [-0.05, 0) is 37.4 Å². The van der Waals surface area contributed by atoms with Gasteiger partial charge in [0.05, 0.1) is 0 Å². The number of likely N-dealkylation sites (N-methyl/N-ethyl adjacent to an activating group) is 1. The largest absolute Gasteiger partial charge is 0.344 e. The van der Waals surface area contributed by atoms with Gasteiger partial charge in [0.1, 0.15) is 0 Å². The molecule has 2 rings (SSSR count). The van der Waals surface area contributed by atoms with Crippen LogP contribution in [0.5, 0.6) is 0 Å². The molecule has 5 nitrogen and oxygen atoms in total. The molecule has 128 valence electrons. The van der Waals surface area contributed by atoms with Crippen LogP contribution in [0.1, 0.15) is 31.2 Å². The van der Waals surface area contributed by atoms with Crippen LogP contribution in [0.4, 0.5) is 0 Å². The number of hydrogen-bond donors (Lipinski definition) is 1. The summed E-state index contributed by atoms with van der Waals surface area (Å²) in [6, 6.07) is 9.95. The van der Waals surface area contributed by atoms with Crippen molar-refractivity contribution >= 4 is 15.7 Å². The van der Waals surface area contributed by atoms with E-state index in [2.05, 4.69) is 12.2 Å². The first kappa shape index (κ1) is 17.9. The van der Waals surface area contributed by atoms with Crippen molar-refractivity contribution in [1.82, 2.24) is 10.2 Å². The van der Waals surface area contributed by atoms with E-state index < -0.39 is 14.6 Å². The molecule has 1 heterocycles. The molecule has 0 aliphatic carbocycles.